The first-order valence-electron chi connectivity index (χ1n) is 8.11. The minimum atomic E-state index is -0.554. The first kappa shape index (κ1) is 15.7. The van der Waals surface area contributed by atoms with Crippen LogP contribution in [-0.2, 0) is 19.6 Å². The van der Waals surface area contributed by atoms with Crippen molar-refractivity contribution in [1.29, 1.82) is 0 Å². The Bertz CT molecular complexity index is 1090. The van der Waals surface area contributed by atoms with E-state index in [1.165, 1.54) is 11.6 Å². The molecule has 2 N–H and O–H groups in total. The number of hydrogen-bond donors (Lipinski definition) is 1. The van der Waals surface area contributed by atoms with E-state index in [1.807, 2.05) is 0 Å². The van der Waals surface area contributed by atoms with Crippen LogP contribution in [0, 0.1) is 0 Å². The van der Waals surface area contributed by atoms with Gasteiger partial charge in [0.1, 0.15) is 11.3 Å². The van der Waals surface area contributed by atoms with Crippen LogP contribution in [0.15, 0.2) is 26.2 Å². The van der Waals surface area contributed by atoms with E-state index in [-0.39, 0.29) is 11.5 Å². The third kappa shape index (κ3) is 2.30. The van der Waals surface area contributed by atoms with Gasteiger partial charge in [0, 0.05) is 14.1 Å². The summed E-state index contributed by atoms with van der Waals surface area (Å²) < 4.78 is 7.69. The molecule has 0 aromatic carbocycles. The summed E-state index contributed by atoms with van der Waals surface area (Å²) in [4.78, 5) is 33.1. The smallest absolute Gasteiger partial charge is 0.332 e. The fourth-order valence-corrected chi connectivity index (χ4v) is 3.33. The van der Waals surface area contributed by atoms with Gasteiger partial charge in [0.25, 0.3) is 11.4 Å². The zero-order valence-electron chi connectivity index (χ0n) is 14.0. The van der Waals surface area contributed by atoms with E-state index in [1.54, 1.807) is 19.2 Å². The predicted molar refractivity (Wildman–Crippen MR) is 89.9 cm³/mol. The fourth-order valence-electron chi connectivity index (χ4n) is 3.33. The monoisotopic (exact) mass is 342 g/mol. The number of aromatic nitrogens is 5. The van der Waals surface area contributed by atoms with Gasteiger partial charge in [-0.05, 0) is 25.0 Å². The van der Waals surface area contributed by atoms with E-state index >= 15 is 0 Å². The van der Waals surface area contributed by atoms with Gasteiger partial charge in [-0.2, -0.15) is 4.98 Å². The number of nitrogens with two attached hydrogens (primary N) is 1. The minimum Gasteiger partial charge on any atom is -0.332 e. The summed E-state index contributed by atoms with van der Waals surface area (Å²) >= 11 is 0. The lowest BCUT2D eigenvalue weighted by Crippen LogP contribution is -2.37. The second-order valence-electron chi connectivity index (χ2n) is 6.56. The van der Waals surface area contributed by atoms with Crippen molar-refractivity contribution in [2.45, 2.75) is 31.2 Å². The summed E-state index contributed by atoms with van der Waals surface area (Å²) in [5.74, 6) is 0.696. The summed E-state index contributed by atoms with van der Waals surface area (Å²) in [7, 11) is 3.00. The lowest BCUT2D eigenvalue weighted by molar-refractivity contribution is 0.372. The largest absolute Gasteiger partial charge is 0.332 e. The van der Waals surface area contributed by atoms with Gasteiger partial charge in [-0.15, -0.1) is 0 Å². The van der Waals surface area contributed by atoms with Crippen molar-refractivity contribution in [1.82, 2.24) is 24.3 Å². The van der Waals surface area contributed by atoms with Crippen LogP contribution in [0.4, 0.5) is 0 Å². The average molecular weight is 342 g/mol. The first-order valence-corrected chi connectivity index (χ1v) is 8.11. The molecule has 0 bridgehead atoms. The molecule has 9 heteroatoms. The number of fused-ring (bicyclic) bond motifs is 1. The molecule has 0 saturated heterocycles. The van der Waals surface area contributed by atoms with E-state index in [0.29, 0.717) is 16.9 Å². The van der Waals surface area contributed by atoms with E-state index < -0.39 is 16.8 Å². The Morgan fingerprint density at radius 1 is 1.12 bits per heavy atom. The third-order valence-electron chi connectivity index (χ3n) is 4.89. The van der Waals surface area contributed by atoms with Gasteiger partial charge in [-0.1, -0.05) is 18.0 Å². The zero-order valence-corrected chi connectivity index (χ0v) is 14.0. The minimum absolute atomic E-state index is 0.224. The molecule has 1 saturated carbocycles. The molecule has 130 valence electrons. The summed E-state index contributed by atoms with van der Waals surface area (Å²) in [5, 5.41) is 4.36. The van der Waals surface area contributed by atoms with Crippen molar-refractivity contribution in [3.8, 4) is 11.6 Å². The molecule has 3 aromatic heterocycles. The molecular weight excluding hydrogens is 324 g/mol. The Morgan fingerprint density at radius 2 is 1.84 bits per heavy atom. The standard InChI is InChI=1S/C16H18N6O3/c1-21-11-9(13(23)22(2)15(21)24)5-6-10(18-11)12-19-14(20-25-12)16(17)7-3-4-8-16/h5-6H,3-4,7-8,17H2,1-2H3. The third-order valence-corrected chi connectivity index (χ3v) is 4.89. The van der Waals surface area contributed by atoms with Crippen LogP contribution < -0.4 is 17.0 Å². The number of aryl methyl sites for hydroxylation is 1. The molecule has 1 fully saturated rings. The maximum Gasteiger partial charge on any atom is 0.332 e. The van der Waals surface area contributed by atoms with E-state index in [4.69, 9.17) is 10.3 Å². The molecule has 0 radical (unpaired) electrons. The Kier molecular flexibility index (Phi) is 3.36. The Morgan fingerprint density at radius 3 is 2.56 bits per heavy atom. The van der Waals surface area contributed by atoms with Crippen molar-refractivity contribution in [2.75, 3.05) is 0 Å². The molecule has 3 aromatic rings. The van der Waals surface area contributed by atoms with Gasteiger partial charge < -0.3 is 10.3 Å². The normalized spacial score (nSPS) is 16.6. The predicted octanol–water partition coefficient (Wildman–Crippen LogP) is 0.410. The highest BCUT2D eigenvalue weighted by Gasteiger charge is 2.36. The van der Waals surface area contributed by atoms with Crippen LogP contribution in [0.3, 0.4) is 0 Å². The molecule has 0 spiro atoms. The van der Waals surface area contributed by atoms with Crippen LogP contribution in [0.1, 0.15) is 31.5 Å². The van der Waals surface area contributed by atoms with Gasteiger partial charge in [0.2, 0.25) is 0 Å². The summed E-state index contributed by atoms with van der Waals surface area (Å²) in [6, 6.07) is 3.24. The number of pyridine rings is 1. The molecule has 0 atom stereocenters. The van der Waals surface area contributed by atoms with Gasteiger partial charge in [-0.3, -0.25) is 13.9 Å². The van der Waals surface area contributed by atoms with Crippen LogP contribution >= 0.6 is 0 Å². The highest BCUT2D eigenvalue weighted by Crippen LogP contribution is 2.35. The SMILES string of the molecule is Cn1c(=O)c2ccc(-c3nc(C4(N)CCCC4)no3)nc2n(C)c1=O. The molecule has 4 rings (SSSR count). The maximum absolute atomic E-state index is 12.2. The van der Waals surface area contributed by atoms with Gasteiger partial charge in [-0.25, -0.2) is 9.78 Å². The van der Waals surface area contributed by atoms with Crippen molar-refractivity contribution >= 4 is 11.0 Å². The number of nitrogens with zero attached hydrogens (tertiary/aromatic N) is 5. The molecule has 0 amide bonds. The molecule has 25 heavy (non-hydrogen) atoms. The molecule has 1 aliphatic rings. The molecular formula is C16H18N6O3. The summed E-state index contributed by atoms with van der Waals surface area (Å²) in [6.45, 7) is 0. The zero-order chi connectivity index (χ0) is 17.8. The van der Waals surface area contributed by atoms with Gasteiger partial charge in [0.15, 0.2) is 5.82 Å². The molecule has 3 heterocycles. The Hall–Kier alpha value is -2.81. The van der Waals surface area contributed by atoms with Gasteiger partial charge >= 0.3 is 5.69 Å². The van der Waals surface area contributed by atoms with E-state index in [2.05, 4.69) is 15.1 Å². The van der Waals surface area contributed by atoms with Crippen molar-refractivity contribution in [3.63, 3.8) is 0 Å². The van der Waals surface area contributed by atoms with Crippen molar-refractivity contribution in [3.05, 3.63) is 38.8 Å². The molecule has 0 unspecified atom stereocenters. The first-order chi connectivity index (χ1) is 11.9. The second-order valence-corrected chi connectivity index (χ2v) is 6.56. The number of hydrogen-bond acceptors (Lipinski definition) is 7. The van der Waals surface area contributed by atoms with E-state index in [9.17, 15) is 9.59 Å². The molecule has 1 aliphatic carbocycles. The van der Waals surface area contributed by atoms with Crippen LogP contribution in [-0.4, -0.2) is 24.3 Å². The van der Waals surface area contributed by atoms with Gasteiger partial charge in [0.05, 0.1) is 10.9 Å². The maximum atomic E-state index is 12.2. The van der Waals surface area contributed by atoms with Crippen LogP contribution in [0.5, 0.6) is 0 Å². The summed E-state index contributed by atoms with van der Waals surface area (Å²) in [6.07, 6.45) is 3.73. The highest BCUT2D eigenvalue weighted by molar-refractivity contribution is 5.76. The lowest BCUT2D eigenvalue weighted by Gasteiger charge is -2.17. The highest BCUT2D eigenvalue weighted by atomic mass is 16.5. The Labute approximate surface area is 142 Å². The Balaban J connectivity index is 1.85. The topological polar surface area (TPSA) is 122 Å². The summed E-state index contributed by atoms with van der Waals surface area (Å²) in [5.41, 5.74) is 5.63. The van der Waals surface area contributed by atoms with Crippen molar-refractivity contribution in [2.24, 2.45) is 19.8 Å². The number of rotatable bonds is 2. The molecule has 9 nitrogen and oxygen atoms in total. The quantitative estimate of drug-likeness (QED) is 0.715. The fraction of sp³-hybridized carbons (Fsp3) is 0.438. The van der Waals surface area contributed by atoms with Crippen molar-refractivity contribution < 1.29 is 4.52 Å². The lowest BCUT2D eigenvalue weighted by atomic mass is 9.99. The second kappa shape index (κ2) is 5.35. The molecule has 0 aliphatic heterocycles. The van der Waals surface area contributed by atoms with Crippen LogP contribution in [0.2, 0.25) is 0 Å². The van der Waals surface area contributed by atoms with Crippen LogP contribution in [0.25, 0.3) is 22.6 Å². The van der Waals surface area contributed by atoms with E-state index in [0.717, 1.165) is 30.3 Å². The average Bonchev–Trinajstić information content (AvgIpc) is 3.28.